The summed E-state index contributed by atoms with van der Waals surface area (Å²) in [6.07, 6.45) is 10.3. The van der Waals surface area contributed by atoms with E-state index in [1.807, 2.05) is 11.8 Å². The second-order valence-corrected chi connectivity index (χ2v) is 6.19. The summed E-state index contributed by atoms with van der Waals surface area (Å²) in [5.41, 5.74) is 0. The van der Waals surface area contributed by atoms with Gasteiger partial charge in [0.2, 0.25) is 5.91 Å². The molecule has 0 aromatic rings. The van der Waals surface area contributed by atoms with E-state index in [0.29, 0.717) is 6.10 Å². The molecular formula is C16H30N2O2. The first kappa shape index (κ1) is 15.8. The highest BCUT2D eigenvalue weighted by molar-refractivity contribution is 5.81. The number of nitrogens with one attached hydrogen (secondary N) is 1. The van der Waals surface area contributed by atoms with Crippen LogP contribution in [0.4, 0.5) is 0 Å². The number of ether oxygens (including phenoxy) is 1. The summed E-state index contributed by atoms with van der Waals surface area (Å²) in [5, 5.41) is 3.31. The third-order valence-electron chi connectivity index (χ3n) is 4.50. The van der Waals surface area contributed by atoms with Crippen LogP contribution in [-0.2, 0) is 9.53 Å². The Balaban J connectivity index is 1.60. The molecule has 1 atom stereocenters. The maximum Gasteiger partial charge on any atom is 0.239 e. The van der Waals surface area contributed by atoms with Gasteiger partial charge in [0.25, 0.3) is 0 Å². The average molecular weight is 282 g/mol. The lowest BCUT2D eigenvalue weighted by atomic mass is 10.2. The van der Waals surface area contributed by atoms with Gasteiger partial charge in [0.15, 0.2) is 0 Å². The van der Waals surface area contributed by atoms with Crippen LogP contribution in [0.5, 0.6) is 0 Å². The zero-order valence-electron chi connectivity index (χ0n) is 12.9. The highest BCUT2D eigenvalue weighted by atomic mass is 16.5. The second-order valence-electron chi connectivity index (χ2n) is 6.19. The molecule has 1 unspecified atom stereocenters. The van der Waals surface area contributed by atoms with Crippen LogP contribution in [0.15, 0.2) is 0 Å². The number of amides is 1. The van der Waals surface area contributed by atoms with E-state index in [1.165, 1.54) is 38.5 Å². The quantitative estimate of drug-likeness (QED) is 0.760. The van der Waals surface area contributed by atoms with Crippen molar-refractivity contribution in [2.45, 2.75) is 70.4 Å². The zero-order chi connectivity index (χ0) is 14.2. The van der Waals surface area contributed by atoms with Crippen molar-refractivity contribution in [2.75, 3.05) is 26.2 Å². The lowest BCUT2D eigenvalue weighted by Gasteiger charge is -2.24. The number of carbonyl (C=O) groups is 1. The van der Waals surface area contributed by atoms with E-state index in [9.17, 15) is 4.79 Å². The van der Waals surface area contributed by atoms with E-state index in [1.54, 1.807) is 0 Å². The van der Waals surface area contributed by atoms with Crippen LogP contribution in [0.1, 0.15) is 58.3 Å². The summed E-state index contributed by atoms with van der Waals surface area (Å²) in [6, 6.07) is -0.0831. The average Bonchev–Trinajstić information content (AvgIpc) is 2.83. The van der Waals surface area contributed by atoms with Gasteiger partial charge in [-0.1, -0.05) is 25.7 Å². The maximum absolute atomic E-state index is 12.3. The van der Waals surface area contributed by atoms with E-state index in [4.69, 9.17) is 4.74 Å². The molecule has 0 aromatic carbocycles. The van der Waals surface area contributed by atoms with E-state index in [2.05, 4.69) is 5.32 Å². The standard InChI is InChI=1S/C16H30N2O2/c1-14(16(19)18-11-6-2-3-7-12-18)17-10-13-20-15-8-4-5-9-15/h14-15,17H,2-13H2,1H3. The molecule has 1 heterocycles. The zero-order valence-corrected chi connectivity index (χ0v) is 12.9. The van der Waals surface area contributed by atoms with Gasteiger partial charge < -0.3 is 15.0 Å². The van der Waals surface area contributed by atoms with E-state index < -0.39 is 0 Å². The summed E-state index contributed by atoms with van der Waals surface area (Å²) in [6.45, 7) is 5.34. The molecule has 0 spiro atoms. The third-order valence-corrected chi connectivity index (χ3v) is 4.50. The first-order valence-corrected chi connectivity index (χ1v) is 8.41. The molecule has 1 amide bonds. The fourth-order valence-electron chi connectivity index (χ4n) is 3.21. The van der Waals surface area contributed by atoms with Crippen molar-refractivity contribution < 1.29 is 9.53 Å². The largest absolute Gasteiger partial charge is 0.377 e. The fraction of sp³-hybridized carbons (Fsp3) is 0.938. The number of hydrogen-bond donors (Lipinski definition) is 1. The fourth-order valence-corrected chi connectivity index (χ4v) is 3.21. The van der Waals surface area contributed by atoms with Gasteiger partial charge in [-0.05, 0) is 32.6 Å². The summed E-state index contributed by atoms with van der Waals surface area (Å²) >= 11 is 0. The first-order chi connectivity index (χ1) is 9.77. The van der Waals surface area contributed by atoms with Crippen molar-refractivity contribution in [2.24, 2.45) is 0 Å². The normalized spacial score (nSPS) is 22.8. The number of hydrogen-bond acceptors (Lipinski definition) is 3. The highest BCUT2D eigenvalue weighted by Crippen LogP contribution is 2.20. The van der Waals surface area contributed by atoms with Gasteiger partial charge in [-0.15, -0.1) is 0 Å². The molecule has 1 saturated heterocycles. The Morgan fingerprint density at radius 3 is 2.45 bits per heavy atom. The lowest BCUT2D eigenvalue weighted by Crippen LogP contribution is -2.46. The van der Waals surface area contributed by atoms with Gasteiger partial charge >= 0.3 is 0 Å². The van der Waals surface area contributed by atoms with Crippen LogP contribution in [0.25, 0.3) is 0 Å². The maximum atomic E-state index is 12.3. The molecule has 0 bridgehead atoms. The van der Waals surface area contributed by atoms with E-state index >= 15 is 0 Å². The first-order valence-electron chi connectivity index (χ1n) is 8.41. The Morgan fingerprint density at radius 2 is 1.80 bits per heavy atom. The van der Waals surface area contributed by atoms with Crippen molar-refractivity contribution in [3.8, 4) is 0 Å². The smallest absolute Gasteiger partial charge is 0.239 e. The minimum Gasteiger partial charge on any atom is -0.377 e. The predicted octanol–water partition coefficient (Wildman–Crippen LogP) is 2.33. The van der Waals surface area contributed by atoms with Crippen LogP contribution in [0.3, 0.4) is 0 Å². The summed E-state index contributed by atoms with van der Waals surface area (Å²) < 4.78 is 5.81. The minimum absolute atomic E-state index is 0.0831. The second kappa shape index (κ2) is 8.63. The molecule has 2 fully saturated rings. The Labute approximate surface area is 123 Å². The Hall–Kier alpha value is -0.610. The van der Waals surface area contributed by atoms with Crippen LogP contribution in [0.2, 0.25) is 0 Å². The van der Waals surface area contributed by atoms with Gasteiger partial charge in [0.1, 0.15) is 0 Å². The SMILES string of the molecule is CC(NCCOC1CCCC1)C(=O)N1CCCCCC1. The molecule has 116 valence electrons. The molecule has 0 aromatic heterocycles. The lowest BCUT2D eigenvalue weighted by molar-refractivity contribution is -0.133. The molecule has 20 heavy (non-hydrogen) atoms. The van der Waals surface area contributed by atoms with Crippen molar-refractivity contribution in [1.29, 1.82) is 0 Å². The number of likely N-dealkylation sites (tertiary alicyclic amines) is 1. The van der Waals surface area contributed by atoms with Crippen molar-refractivity contribution in [3.05, 3.63) is 0 Å². The monoisotopic (exact) mass is 282 g/mol. The van der Waals surface area contributed by atoms with Gasteiger partial charge in [-0.3, -0.25) is 4.79 Å². The summed E-state index contributed by atoms with van der Waals surface area (Å²) in [4.78, 5) is 14.4. The Morgan fingerprint density at radius 1 is 1.15 bits per heavy atom. The molecule has 1 N–H and O–H groups in total. The number of carbonyl (C=O) groups excluding carboxylic acids is 1. The van der Waals surface area contributed by atoms with Gasteiger partial charge in [0.05, 0.1) is 18.8 Å². The Bertz CT molecular complexity index is 282. The number of rotatable bonds is 6. The van der Waals surface area contributed by atoms with Crippen LogP contribution in [-0.4, -0.2) is 49.2 Å². The molecule has 4 heteroatoms. The van der Waals surface area contributed by atoms with Gasteiger partial charge in [-0.2, -0.15) is 0 Å². The predicted molar refractivity (Wildman–Crippen MR) is 80.7 cm³/mol. The van der Waals surface area contributed by atoms with Crippen LogP contribution >= 0.6 is 0 Å². The third kappa shape index (κ3) is 5.06. The molecule has 4 nitrogen and oxygen atoms in total. The Kier molecular flexibility index (Phi) is 6.80. The van der Waals surface area contributed by atoms with E-state index in [-0.39, 0.29) is 11.9 Å². The number of nitrogens with zero attached hydrogens (tertiary/aromatic N) is 1. The molecular weight excluding hydrogens is 252 g/mol. The van der Waals surface area contributed by atoms with Crippen LogP contribution < -0.4 is 5.32 Å². The van der Waals surface area contributed by atoms with Gasteiger partial charge in [0, 0.05) is 19.6 Å². The molecule has 1 saturated carbocycles. The van der Waals surface area contributed by atoms with Crippen molar-refractivity contribution in [3.63, 3.8) is 0 Å². The molecule has 1 aliphatic carbocycles. The topological polar surface area (TPSA) is 41.6 Å². The van der Waals surface area contributed by atoms with Crippen molar-refractivity contribution in [1.82, 2.24) is 10.2 Å². The summed E-state index contributed by atoms with van der Waals surface area (Å²) in [7, 11) is 0. The van der Waals surface area contributed by atoms with Crippen LogP contribution in [0, 0.1) is 0 Å². The molecule has 2 rings (SSSR count). The highest BCUT2D eigenvalue weighted by Gasteiger charge is 2.21. The van der Waals surface area contributed by atoms with Crippen molar-refractivity contribution >= 4 is 5.91 Å². The molecule has 2 aliphatic rings. The van der Waals surface area contributed by atoms with E-state index in [0.717, 1.165) is 39.1 Å². The molecule has 0 radical (unpaired) electrons. The van der Waals surface area contributed by atoms with Gasteiger partial charge in [-0.25, -0.2) is 0 Å². The summed E-state index contributed by atoms with van der Waals surface area (Å²) in [5.74, 6) is 0.257. The minimum atomic E-state index is -0.0831. The molecule has 1 aliphatic heterocycles.